The van der Waals surface area contributed by atoms with Gasteiger partial charge in [0.05, 0.1) is 5.02 Å². The highest BCUT2D eigenvalue weighted by molar-refractivity contribution is 6.33. The summed E-state index contributed by atoms with van der Waals surface area (Å²) in [7, 11) is 1.58. The number of allylic oxidation sites excluding steroid dienone is 1. The molecule has 2 rings (SSSR count). The molecule has 0 unspecified atom stereocenters. The van der Waals surface area contributed by atoms with E-state index in [2.05, 4.69) is 15.3 Å². The number of amidine groups is 1. The van der Waals surface area contributed by atoms with Crippen molar-refractivity contribution >= 4 is 29.2 Å². The summed E-state index contributed by atoms with van der Waals surface area (Å²) in [5, 5.41) is 13.5. The van der Waals surface area contributed by atoms with Crippen LogP contribution in [-0.2, 0) is 4.79 Å². The summed E-state index contributed by atoms with van der Waals surface area (Å²) in [6.45, 7) is 8.30. The zero-order valence-corrected chi connectivity index (χ0v) is 16.8. The van der Waals surface area contributed by atoms with Crippen LogP contribution in [0.2, 0.25) is 5.02 Å². The van der Waals surface area contributed by atoms with Crippen LogP contribution in [0.5, 0.6) is 0 Å². The number of aliphatic hydroxyl groups excluding tert-OH is 1. The first-order valence-corrected chi connectivity index (χ1v) is 9.09. The molecule has 0 aromatic carbocycles. The number of rotatable bonds is 3. The van der Waals surface area contributed by atoms with E-state index < -0.39 is 5.41 Å². The molecule has 1 atom stereocenters. The SMILES string of the molecule is C/N=C(\C=C(/O)C(C)(C)C)NC(=O)[C@@H]1CCCN1c1ncc(C)cc1Cl. The summed E-state index contributed by atoms with van der Waals surface area (Å²) in [6, 6.07) is 1.48. The summed E-state index contributed by atoms with van der Waals surface area (Å²) in [4.78, 5) is 23.2. The molecule has 0 radical (unpaired) electrons. The average Bonchev–Trinajstić information content (AvgIpc) is 3.02. The average molecular weight is 379 g/mol. The lowest BCUT2D eigenvalue weighted by atomic mass is 9.93. The fraction of sp³-hybridized carbons (Fsp3) is 0.526. The van der Waals surface area contributed by atoms with E-state index in [-0.39, 0.29) is 17.7 Å². The van der Waals surface area contributed by atoms with E-state index >= 15 is 0 Å². The van der Waals surface area contributed by atoms with Crippen LogP contribution in [0.25, 0.3) is 0 Å². The van der Waals surface area contributed by atoms with E-state index in [1.54, 1.807) is 13.2 Å². The third-order valence-corrected chi connectivity index (χ3v) is 4.60. The van der Waals surface area contributed by atoms with Gasteiger partial charge in [0.25, 0.3) is 0 Å². The number of aryl methyl sites for hydroxylation is 1. The lowest BCUT2D eigenvalue weighted by molar-refractivity contribution is -0.120. The number of amides is 1. The van der Waals surface area contributed by atoms with Gasteiger partial charge in [-0.2, -0.15) is 0 Å². The fourth-order valence-electron chi connectivity index (χ4n) is 2.74. The number of halogens is 1. The van der Waals surface area contributed by atoms with Crippen molar-refractivity contribution in [1.29, 1.82) is 0 Å². The van der Waals surface area contributed by atoms with Crippen LogP contribution in [0.4, 0.5) is 5.82 Å². The van der Waals surface area contributed by atoms with Crippen LogP contribution in [0.15, 0.2) is 29.1 Å². The van der Waals surface area contributed by atoms with Crippen molar-refractivity contribution in [2.45, 2.75) is 46.6 Å². The Kier molecular flexibility index (Phi) is 6.29. The van der Waals surface area contributed by atoms with E-state index in [9.17, 15) is 9.90 Å². The lowest BCUT2D eigenvalue weighted by Gasteiger charge is -2.26. The summed E-state index contributed by atoms with van der Waals surface area (Å²) >= 11 is 6.33. The van der Waals surface area contributed by atoms with Gasteiger partial charge in [-0.25, -0.2) is 4.98 Å². The first kappa shape index (κ1) is 20.2. The van der Waals surface area contributed by atoms with Gasteiger partial charge in [0, 0.05) is 31.3 Å². The fourth-order valence-corrected chi connectivity index (χ4v) is 3.07. The summed E-state index contributed by atoms with van der Waals surface area (Å²) < 4.78 is 0. The normalized spacial score (nSPS) is 19.0. The molecule has 7 heteroatoms. The Balaban J connectivity index is 2.17. The van der Waals surface area contributed by atoms with E-state index in [1.165, 1.54) is 6.08 Å². The third-order valence-electron chi connectivity index (χ3n) is 4.32. The molecule has 1 aliphatic rings. The van der Waals surface area contributed by atoms with Crippen molar-refractivity contribution in [3.63, 3.8) is 0 Å². The Morgan fingerprint density at radius 3 is 2.77 bits per heavy atom. The molecular weight excluding hydrogens is 352 g/mol. The number of aromatic nitrogens is 1. The second-order valence-corrected chi connectivity index (χ2v) is 7.95. The zero-order chi connectivity index (χ0) is 19.5. The topological polar surface area (TPSA) is 77.8 Å². The van der Waals surface area contributed by atoms with Crippen molar-refractivity contribution in [3.05, 3.63) is 34.7 Å². The summed E-state index contributed by atoms with van der Waals surface area (Å²) in [6.07, 6.45) is 4.83. The van der Waals surface area contributed by atoms with Crippen LogP contribution >= 0.6 is 11.6 Å². The van der Waals surface area contributed by atoms with Gasteiger partial charge in [-0.1, -0.05) is 32.4 Å². The highest BCUT2D eigenvalue weighted by Crippen LogP contribution is 2.30. The maximum absolute atomic E-state index is 12.8. The van der Waals surface area contributed by atoms with Gasteiger partial charge in [-0.05, 0) is 31.4 Å². The van der Waals surface area contributed by atoms with Crippen molar-refractivity contribution in [2.24, 2.45) is 10.4 Å². The molecule has 1 amide bonds. The maximum atomic E-state index is 12.8. The molecular formula is C19H27ClN4O2. The molecule has 2 N–H and O–H groups in total. The van der Waals surface area contributed by atoms with Gasteiger partial charge in [-0.15, -0.1) is 0 Å². The predicted molar refractivity (Wildman–Crippen MR) is 106 cm³/mol. The molecule has 26 heavy (non-hydrogen) atoms. The Morgan fingerprint density at radius 1 is 1.50 bits per heavy atom. The Hall–Kier alpha value is -2.08. The van der Waals surface area contributed by atoms with Crippen LogP contribution in [0.3, 0.4) is 0 Å². The Labute approximate surface area is 160 Å². The number of carbonyl (C=O) groups excluding carboxylic acids is 1. The van der Waals surface area contributed by atoms with Crippen LogP contribution in [0.1, 0.15) is 39.2 Å². The minimum absolute atomic E-state index is 0.157. The van der Waals surface area contributed by atoms with Gasteiger partial charge in [0.15, 0.2) is 0 Å². The number of nitrogens with one attached hydrogen (secondary N) is 1. The lowest BCUT2D eigenvalue weighted by Crippen LogP contribution is -2.45. The maximum Gasteiger partial charge on any atom is 0.248 e. The number of aliphatic imine (C=N–C) groups is 1. The third kappa shape index (κ3) is 4.75. The Bertz CT molecular complexity index is 738. The molecule has 1 aromatic heterocycles. The second kappa shape index (κ2) is 8.08. The van der Waals surface area contributed by atoms with Crippen LogP contribution in [-0.4, -0.2) is 41.5 Å². The van der Waals surface area contributed by atoms with Crippen LogP contribution in [0, 0.1) is 12.3 Å². The van der Waals surface area contributed by atoms with Crippen LogP contribution < -0.4 is 10.2 Å². The second-order valence-electron chi connectivity index (χ2n) is 7.55. The monoisotopic (exact) mass is 378 g/mol. The molecule has 142 valence electrons. The summed E-state index contributed by atoms with van der Waals surface area (Å²) in [5.74, 6) is 0.930. The highest BCUT2D eigenvalue weighted by atomic mass is 35.5. The number of aliphatic hydroxyl groups is 1. The molecule has 0 saturated carbocycles. The predicted octanol–water partition coefficient (Wildman–Crippen LogP) is 3.64. The molecule has 1 aliphatic heterocycles. The molecule has 1 saturated heterocycles. The number of hydrogen-bond donors (Lipinski definition) is 2. The van der Waals surface area contributed by atoms with Crippen molar-refractivity contribution in [1.82, 2.24) is 10.3 Å². The smallest absolute Gasteiger partial charge is 0.248 e. The van der Waals surface area contributed by atoms with E-state index in [4.69, 9.17) is 11.6 Å². The standard InChI is InChI=1S/C19H27ClN4O2/c1-12-9-13(20)17(22-11-12)24-8-6-7-14(24)18(26)23-16(21-5)10-15(25)19(2,3)4/h9-11,14,25H,6-8H2,1-5H3,(H,21,23,26)/b15-10-/t14-/m0/s1. The first-order chi connectivity index (χ1) is 12.1. The number of nitrogens with zero attached hydrogens (tertiary/aromatic N) is 3. The van der Waals surface area contributed by atoms with Gasteiger partial charge in [0.1, 0.15) is 23.5 Å². The zero-order valence-electron chi connectivity index (χ0n) is 16.0. The Morgan fingerprint density at radius 2 is 2.19 bits per heavy atom. The van der Waals surface area contributed by atoms with Gasteiger partial charge >= 0.3 is 0 Å². The number of hydrogen-bond acceptors (Lipinski definition) is 5. The quantitative estimate of drug-likeness (QED) is 0.478. The molecule has 2 heterocycles. The van der Waals surface area contributed by atoms with E-state index in [0.717, 1.165) is 18.5 Å². The summed E-state index contributed by atoms with van der Waals surface area (Å²) in [5.41, 5.74) is 0.557. The molecule has 6 nitrogen and oxygen atoms in total. The molecule has 0 aliphatic carbocycles. The van der Waals surface area contributed by atoms with E-state index in [0.29, 0.717) is 23.1 Å². The van der Waals surface area contributed by atoms with Crippen molar-refractivity contribution in [3.8, 4) is 0 Å². The number of carbonyl (C=O) groups is 1. The first-order valence-electron chi connectivity index (χ1n) is 8.71. The minimum Gasteiger partial charge on any atom is -0.512 e. The number of pyridine rings is 1. The van der Waals surface area contributed by atoms with Gasteiger partial charge < -0.3 is 15.3 Å². The van der Waals surface area contributed by atoms with Gasteiger partial charge in [-0.3, -0.25) is 9.79 Å². The van der Waals surface area contributed by atoms with Gasteiger partial charge in [0.2, 0.25) is 5.91 Å². The molecule has 1 aromatic rings. The van der Waals surface area contributed by atoms with Crippen molar-refractivity contribution in [2.75, 3.05) is 18.5 Å². The minimum atomic E-state index is -0.417. The van der Waals surface area contributed by atoms with E-state index in [1.807, 2.05) is 38.7 Å². The molecule has 1 fully saturated rings. The molecule has 0 spiro atoms. The van der Waals surface area contributed by atoms with Crippen molar-refractivity contribution < 1.29 is 9.90 Å². The largest absolute Gasteiger partial charge is 0.512 e. The molecule has 0 bridgehead atoms. The number of anilines is 1. The highest BCUT2D eigenvalue weighted by Gasteiger charge is 2.33.